The van der Waals surface area contributed by atoms with E-state index in [1.807, 2.05) is 6.92 Å². The number of nitrogens with two attached hydrogens (primary N) is 1. The maximum absolute atomic E-state index is 13.1. The molecule has 0 aliphatic heterocycles. The van der Waals surface area contributed by atoms with Gasteiger partial charge in [-0.15, -0.1) is 0 Å². The van der Waals surface area contributed by atoms with Crippen LogP contribution < -0.4 is 5.73 Å². The standard InChI is InChI=1S/C12H12FN3O/c1-6-7(2)15-12(16-11(6)14)8-3-9(13)5-10(17)4-8/h3-5,17H,1-2H3,(H2,14,15,16). The molecular formula is C12H12FN3O. The molecular weight excluding hydrogens is 221 g/mol. The van der Waals surface area contributed by atoms with Crippen molar-refractivity contribution in [3.63, 3.8) is 0 Å². The van der Waals surface area contributed by atoms with Gasteiger partial charge in [0.05, 0.1) is 0 Å². The SMILES string of the molecule is Cc1nc(-c2cc(O)cc(F)c2)nc(N)c1C. The van der Waals surface area contributed by atoms with Crippen LogP contribution in [0.3, 0.4) is 0 Å². The molecule has 0 aliphatic rings. The Labute approximate surface area is 98.0 Å². The fourth-order valence-electron chi connectivity index (χ4n) is 1.48. The molecule has 4 nitrogen and oxygen atoms in total. The third kappa shape index (κ3) is 2.18. The van der Waals surface area contributed by atoms with Crippen LogP contribution in [0.15, 0.2) is 18.2 Å². The zero-order valence-corrected chi connectivity index (χ0v) is 9.53. The van der Waals surface area contributed by atoms with Crippen molar-refractivity contribution >= 4 is 5.82 Å². The molecule has 0 bridgehead atoms. The van der Waals surface area contributed by atoms with Crippen LogP contribution in [0.2, 0.25) is 0 Å². The molecule has 88 valence electrons. The van der Waals surface area contributed by atoms with Crippen LogP contribution in [0.1, 0.15) is 11.3 Å². The van der Waals surface area contributed by atoms with Crippen molar-refractivity contribution in [2.24, 2.45) is 0 Å². The maximum atomic E-state index is 13.1. The van der Waals surface area contributed by atoms with E-state index in [0.29, 0.717) is 17.2 Å². The molecule has 1 heterocycles. The summed E-state index contributed by atoms with van der Waals surface area (Å²) in [5.41, 5.74) is 7.66. The minimum absolute atomic E-state index is 0.166. The lowest BCUT2D eigenvalue weighted by molar-refractivity contribution is 0.469. The molecule has 0 amide bonds. The van der Waals surface area contributed by atoms with Gasteiger partial charge in [-0.05, 0) is 26.0 Å². The number of halogens is 1. The van der Waals surface area contributed by atoms with Gasteiger partial charge in [0.2, 0.25) is 0 Å². The molecule has 2 rings (SSSR count). The lowest BCUT2D eigenvalue weighted by Crippen LogP contribution is -2.02. The average molecular weight is 233 g/mol. The van der Waals surface area contributed by atoms with Gasteiger partial charge in [-0.25, -0.2) is 14.4 Å². The van der Waals surface area contributed by atoms with Crippen LogP contribution >= 0.6 is 0 Å². The predicted octanol–water partition coefficient (Wildman–Crippen LogP) is 2.19. The quantitative estimate of drug-likeness (QED) is 0.791. The molecule has 1 aromatic carbocycles. The van der Waals surface area contributed by atoms with Crippen molar-refractivity contribution in [2.75, 3.05) is 5.73 Å². The highest BCUT2D eigenvalue weighted by molar-refractivity contribution is 5.60. The minimum Gasteiger partial charge on any atom is -0.508 e. The summed E-state index contributed by atoms with van der Waals surface area (Å²) in [5, 5.41) is 9.32. The van der Waals surface area contributed by atoms with E-state index in [1.54, 1.807) is 6.92 Å². The van der Waals surface area contributed by atoms with Gasteiger partial charge in [-0.3, -0.25) is 0 Å². The van der Waals surface area contributed by atoms with Crippen molar-refractivity contribution in [3.05, 3.63) is 35.3 Å². The van der Waals surface area contributed by atoms with Crippen molar-refractivity contribution < 1.29 is 9.50 Å². The summed E-state index contributed by atoms with van der Waals surface area (Å²) in [6.07, 6.45) is 0. The monoisotopic (exact) mass is 233 g/mol. The first-order chi connectivity index (χ1) is 7.97. The Morgan fingerprint density at radius 3 is 2.47 bits per heavy atom. The maximum Gasteiger partial charge on any atom is 0.161 e. The van der Waals surface area contributed by atoms with Crippen LogP contribution in [0, 0.1) is 19.7 Å². The van der Waals surface area contributed by atoms with Gasteiger partial charge in [0.15, 0.2) is 5.82 Å². The van der Waals surface area contributed by atoms with Crippen LogP contribution in [-0.2, 0) is 0 Å². The van der Waals surface area contributed by atoms with Crippen molar-refractivity contribution in [1.82, 2.24) is 9.97 Å². The fraction of sp³-hybridized carbons (Fsp3) is 0.167. The molecule has 0 unspecified atom stereocenters. The molecule has 0 saturated heterocycles. The summed E-state index contributed by atoms with van der Waals surface area (Å²) in [6, 6.07) is 3.67. The minimum atomic E-state index is -0.541. The fourth-order valence-corrected chi connectivity index (χ4v) is 1.48. The number of anilines is 1. The number of rotatable bonds is 1. The van der Waals surface area contributed by atoms with E-state index in [2.05, 4.69) is 9.97 Å². The zero-order chi connectivity index (χ0) is 12.6. The summed E-state index contributed by atoms with van der Waals surface area (Å²) < 4.78 is 13.1. The second-order valence-electron chi connectivity index (χ2n) is 3.84. The van der Waals surface area contributed by atoms with Crippen LogP contribution in [0.25, 0.3) is 11.4 Å². The number of aryl methyl sites for hydroxylation is 1. The van der Waals surface area contributed by atoms with E-state index in [1.165, 1.54) is 12.1 Å². The van der Waals surface area contributed by atoms with Crippen molar-refractivity contribution in [3.8, 4) is 17.1 Å². The highest BCUT2D eigenvalue weighted by Crippen LogP contribution is 2.24. The zero-order valence-electron chi connectivity index (χ0n) is 9.53. The number of phenolic OH excluding ortho intramolecular Hbond substituents is 1. The Morgan fingerprint density at radius 1 is 1.18 bits per heavy atom. The summed E-state index contributed by atoms with van der Waals surface area (Å²) >= 11 is 0. The number of aromatic hydroxyl groups is 1. The van der Waals surface area contributed by atoms with E-state index in [4.69, 9.17) is 5.73 Å². The third-order valence-corrected chi connectivity index (χ3v) is 2.57. The normalized spacial score (nSPS) is 10.5. The van der Waals surface area contributed by atoms with E-state index in [-0.39, 0.29) is 5.75 Å². The number of aromatic nitrogens is 2. The second-order valence-corrected chi connectivity index (χ2v) is 3.84. The molecule has 0 spiro atoms. The summed E-state index contributed by atoms with van der Waals surface area (Å²) in [6.45, 7) is 3.62. The molecule has 0 aliphatic carbocycles. The molecule has 0 fully saturated rings. The van der Waals surface area contributed by atoms with E-state index < -0.39 is 5.82 Å². The third-order valence-electron chi connectivity index (χ3n) is 2.57. The lowest BCUT2D eigenvalue weighted by atomic mass is 10.1. The number of benzene rings is 1. The first kappa shape index (κ1) is 11.3. The Kier molecular flexibility index (Phi) is 2.67. The highest BCUT2D eigenvalue weighted by Gasteiger charge is 2.09. The molecule has 5 heteroatoms. The van der Waals surface area contributed by atoms with Gasteiger partial charge >= 0.3 is 0 Å². The van der Waals surface area contributed by atoms with Gasteiger partial charge in [0.25, 0.3) is 0 Å². The van der Waals surface area contributed by atoms with Gasteiger partial charge in [-0.1, -0.05) is 0 Å². The molecule has 2 aromatic rings. The average Bonchev–Trinajstić information content (AvgIpc) is 2.23. The summed E-state index contributed by atoms with van der Waals surface area (Å²) in [4.78, 5) is 8.29. The lowest BCUT2D eigenvalue weighted by Gasteiger charge is -2.07. The topological polar surface area (TPSA) is 72.0 Å². The second kappa shape index (κ2) is 4.01. The Hall–Kier alpha value is -2.17. The number of nitrogen functional groups attached to an aromatic ring is 1. The molecule has 3 N–H and O–H groups in total. The van der Waals surface area contributed by atoms with Gasteiger partial charge in [0.1, 0.15) is 17.4 Å². The molecule has 1 aromatic heterocycles. The van der Waals surface area contributed by atoms with Gasteiger partial charge < -0.3 is 10.8 Å². The Bertz CT molecular complexity index is 541. The first-order valence-electron chi connectivity index (χ1n) is 5.08. The Morgan fingerprint density at radius 2 is 1.88 bits per heavy atom. The van der Waals surface area contributed by atoms with Crippen LogP contribution in [0.5, 0.6) is 5.75 Å². The summed E-state index contributed by atoms with van der Waals surface area (Å²) in [7, 11) is 0. The predicted molar refractivity (Wildman–Crippen MR) is 63.0 cm³/mol. The van der Waals surface area contributed by atoms with E-state index in [9.17, 15) is 9.50 Å². The first-order valence-corrected chi connectivity index (χ1v) is 5.08. The largest absolute Gasteiger partial charge is 0.508 e. The molecule has 0 atom stereocenters. The van der Waals surface area contributed by atoms with Crippen LogP contribution in [0.4, 0.5) is 10.2 Å². The van der Waals surface area contributed by atoms with Crippen molar-refractivity contribution in [2.45, 2.75) is 13.8 Å². The van der Waals surface area contributed by atoms with Crippen molar-refractivity contribution in [1.29, 1.82) is 0 Å². The molecule has 17 heavy (non-hydrogen) atoms. The molecule has 0 radical (unpaired) electrons. The Balaban J connectivity index is 2.60. The number of phenols is 1. The van der Waals surface area contributed by atoms with E-state index >= 15 is 0 Å². The van der Waals surface area contributed by atoms with Gasteiger partial charge in [0, 0.05) is 22.9 Å². The number of hydrogen-bond acceptors (Lipinski definition) is 4. The molecule has 0 saturated carbocycles. The van der Waals surface area contributed by atoms with Crippen LogP contribution in [-0.4, -0.2) is 15.1 Å². The van der Waals surface area contributed by atoms with E-state index in [0.717, 1.165) is 17.3 Å². The number of hydrogen-bond donors (Lipinski definition) is 2. The highest BCUT2D eigenvalue weighted by atomic mass is 19.1. The number of nitrogens with zero attached hydrogens (tertiary/aromatic N) is 2. The van der Waals surface area contributed by atoms with Gasteiger partial charge in [-0.2, -0.15) is 0 Å². The summed E-state index contributed by atoms with van der Waals surface area (Å²) in [5.74, 6) is -0.0440. The smallest absolute Gasteiger partial charge is 0.161 e.